The lowest BCUT2D eigenvalue weighted by Crippen LogP contribution is -2.45. The van der Waals surface area contributed by atoms with Gasteiger partial charge in [0.25, 0.3) is 5.91 Å². The van der Waals surface area contributed by atoms with Crippen LogP contribution in [0.25, 0.3) is 28.2 Å². The Morgan fingerprint density at radius 1 is 1.12 bits per heavy atom. The molecular formula is C30H27F2N5O3. The van der Waals surface area contributed by atoms with Crippen molar-refractivity contribution in [3.8, 4) is 46.0 Å². The quantitative estimate of drug-likeness (QED) is 0.376. The maximum atomic E-state index is 15.0. The Kier molecular flexibility index (Phi) is 6.82. The second kappa shape index (κ2) is 10.6. The van der Waals surface area contributed by atoms with Gasteiger partial charge in [-0.2, -0.15) is 0 Å². The standard InChI is InChI=1S/C30H27F2N5O3/c1-3-4-28(38)36-13-11-20(12-14-36)33-24-17-40-25-15-18(5-7-21(24)25)29-30(22-16-19(31)6-8-23(22)32)37-26(34-29)9-10-27(35-37)39-2/h5-10,15-16,20,24,33H,11-14,17H2,1-2H3/t24-/m0/s1. The molecule has 1 atom stereocenters. The van der Waals surface area contributed by atoms with Crippen LogP contribution in [-0.4, -0.2) is 58.3 Å². The number of hydrogen-bond acceptors (Lipinski definition) is 6. The van der Waals surface area contributed by atoms with Gasteiger partial charge in [0.05, 0.1) is 18.8 Å². The van der Waals surface area contributed by atoms with E-state index in [1.807, 2.05) is 18.2 Å². The Hall–Kier alpha value is -4.49. The number of benzene rings is 2. The second-order valence-corrected chi connectivity index (χ2v) is 9.80. The van der Waals surface area contributed by atoms with E-state index >= 15 is 4.39 Å². The van der Waals surface area contributed by atoms with Crippen LogP contribution in [0, 0.1) is 23.5 Å². The van der Waals surface area contributed by atoms with Crippen LogP contribution in [-0.2, 0) is 4.79 Å². The zero-order valence-corrected chi connectivity index (χ0v) is 22.1. The Bertz CT molecular complexity index is 1670. The van der Waals surface area contributed by atoms with Crippen molar-refractivity contribution in [1.29, 1.82) is 0 Å². The lowest BCUT2D eigenvalue weighted by atomic mass is 9.99. The molecule has 0 aliphatic carbocycles. The van der Waals surface area contributed by atoms with Gasteiger partial charge in [0.15, 0.2) is 5.65 Å². The van der Waals surface area contributed by atoms with Crippen molar-refractivity contribution < 1.29 is 23.0 Å². The summed E-state index contributed by atoms with van der Waals surface area (Å²) in [6, 6.07) is 12.7. The monoisotopic (exact) mass is 543 g/mol. The molecule has 8 nitrogen and oxygen atoms in total. The average molecular weight is 544 g/mol. The molecule has 10 heteroatoms. The molecule has 6 rings (SSSR count). The number of aromatic nitrogens is 3. The summed E-state index contributed by atoms with van der Waals surface area (Å²) < 4.78 is 42.0. The number of ether oxygens (including phenoxy) is 2. The van der Waals surface area contributed by atoms with E-state index in [9.17, 15) is 9.18 Å². The van der Waals surface area contributed by atoms with E-state index < -0.39 is 11.6 Å². The fourth-order valence-corrected chi connectivity index (χ4v) is 5.36. The van der Waals surface area contributed by atoms with Crippen molar-refractivity contribution in [2.24, 2.45) is 0 Å². The van der Waals surface area contributed by atoms with Crippen LogP contribution < -0.4 is 14.8 Å². The van der Waals surface area contributed by atoms with E-state index in [0.717, 1.165) is 36.6 Å². The van der Waals surface area contributed by atoms with Crippen molar-refractivity contribution in [2.45, 2.75) is 31.8 Å². The van der Waals surface area contributed by atoms with Gasteiger partial charge in [-0.05, 0) is 56.0 Å². The number of hydrogen-bond donors (Lipinski definition) is 1. The summed E-state index contributed by atoms with van der Waals surface area (Å²) in [5.41, 5.74) is 2.96. The Morgan fingerprint density at radius 3 is 2.73 bits per heavy atom. The minimum absolute atomic E-state index is 0.00105. The SMILES string of the molecule is CC#CC(=O)N1CCC(N[C@H]2COc3cc(-c4nc5ccc(OC)nn5c4-c4cc(F)ccc4F)ccc32)CC1. The predicted octanol–water partition coefficient (Wildman–Crippen LogP) is 4.39. The number of carbonyl (C=O) groups is 1. The highest BCUT2D eigenvalue weighted by Crippen LogP contribution is 2.40. The fourth-order valence-electron chi connectivity index (χ4n) is 5.36. The lowest BCUT2D eigenvalue weighted by molar-refractivity contribution is -0.126. The number of piperidine rings is 1. The Labute approximate surface area is 229 Å². The highest BCUT2D eigenvalue weighted by Gasteiger charge is 2.30. The molecule has 0 saturated carbocycles. The van der Waals surface area contributed by atoms with E-state index in [1.165, 1.54) is 11.6 Å². The first-order valence-electron chi connectivity index (χ1n) is 13.1. The predicted molar refractivity (Wildman–Crippen MR) is 145 cm³/mol. The van der Waals surface area contributed by atoms with Crippen LogP contribution in [0.5, 0.6) is 11.6 Å². The molecule has 0 spiro atoms. The Morgan fingerprint density at radius 2 is 1.95 bits per heavy atom. The van der Waals surface area contributed by atoms with E-state index in [2.05, 4.69) is 22.3 Å². The van der Waals surface area contributed by atoms with E-state index in [0.29, 0.717) is 53.9 Å². The first kappa shape index (κ1) is 25.8. The van der Waals surface area contributed by atoms with Crippen molar-refractivity contribution >= 4 is 11.6 Å². The van der Waals surface area contributed by atoms with Crippen LogP contribution in [0.3, 0.4) is 0 Å². The molecule has 4 aromatic rings. The summed E-state index contributed by atoms with van der Waals surface area (Å²) in [6.07, 6.45) is 1.67. The zero-order chi connectivity index (χ0) is 27.8. The smallest absolute Gasteiger partial charge is 0.298 e. The Balaban J connectivity index is 1.30. The lowest BCUT2D eigenvalue weighted by Gasteiger charge is -2.32. The fraction of sp³-hybridized carbons (Fsp3) is 0.300. The molecule has 1 amide bonds. The van der Waals surface area contributed by atoms with E-state index in [-0.39, 0.29) is 23.6 Å². The van der Waals surface area contributed by atoms with E-state index in [1.54, 1.807) is 24.0 Å². The van der Waals surface area contributed by atoms with Gasteiger partial charge in [-0.25, -0.2) is 18.3 Å². The molecule has 1 N–H and O–H groups in total. The van der Waals surface area contributed by atoms with Gasteiger partial charge in [0.2, 0.25) is 5.88 Å². The van der Waals surface area contributed by atoms with Gasteiger partial charge in [-0.3, -0.25) is 4.79 Å². The maximum Gasteiger partial charge on any atom is 0.298 e. The molecule has 2 aromatic heterocycles. The molecule has 0 radical (unpaired) electrons. The number of amides is 1. The van der Waals surface area contributed by atoms with Gasteiger partial charge in [-0.1, -0.05) is 18.1 Å². The van der Waals surface area contributed by atoms with Crippen LogP contribution in [0.15, 0.2) is 48.5 Å². The van der Waals surface area contributed by atoms with Crippen molar-refractivity contribution in [2.75, 3.05) is 26.8 Å². The second-order valence-electron chi connectivity index (χ2n) is 9.80. The molecule has 40 heavy (non-hydrogen) atoms. The number of likely N-dealkylation sites (tertiary alicyclic amines) is 1. The number of imidazole rings is 1. The molecule has 2 aromatic carbocycles. The number of nitrogens with zero attached hydrogens (tertiary/aromatic N) is 4. The first-order valence-corrected chi connectivity index (χ1v) is 13.1. The molecule has 2 aliphatic rings. The highest BCUT2D eigenvalue weighted by atomic mass is 19.1. The number of methoxy groups -OCH3 is 1. The molecule has 2 aliphatic heterocycles. The molecule has 204 valence electrons. The van der Waals surface area contributed by atoms with Crippen molar-refractivity contribution in [3.05, 3.63) is 65.7 Å². The first-order chi connectivity index (χ1) is 19.4. The minimum Gasteiger partial charge on any atom is -0.491 e. The molecule has 1 fully saturated rings. The van der Waals surface area contributed by atoms with Crippen molar-refractivity contribution in [1.82, 2.24) is 24.8 Å². The number of rotatable bonds is 5. The van der Waals surface area contributed by atoms with Crippen molar-refractivity contribution in [3.63, 3.8) is 0 Å². The molecule has 0 bridgehead atoms. The number of halogens is 2. The summed E-state index contributed by atoms with van der Waals surface area (Å²) in [7, 11) is 1.49. The van der Waals surface area contributed by atoms with Crippen LogP contribution in [0.1, 0.15) is 31.4 Å². The van der Waals surface area contributed by atoms with Gasteiger partial charge in [0, 0.05) is 41.9 Å². The number of carbonyl (C=O) groups excluding carboxylic acids is 1. The van der Waals surface area contributed by atoms with Crippen LogP contribution >= 0.6 is 0 Å². The average Bonchev–Trinajstić information content (AvgIpc) is 3.55. The molecule has 1 saturated heterocycles. The van der Waals surface area contributed by atoms with Crippen LogP contribution in [0.4, 0.5) is 8.78 Å². The molecular weight excluding hydrogens is 516 g/mol. The summed E-state index contributed by atoms with van der Waals surface area (Å²) >= 11 is 0. The topological polar surface area (TPSA) is 81.0 Å². The van der Waals surface area contributed by atoms with Gasteiger partial charge >= 0.3 is 0 Å². The molecule has 4 heterocycles. The third-order valence-corrected chi connectivity index (χ3v) is 7.36. The normalized spacial score (nSPS) is 16.8. The van der Waals surface area contributed by atoms with E-state index in [4.69, 9.17) is 14.5 Å². The third-order valence-electron chi connectivity index (χ3n) is 7.36. The third kappa shape index (κ3) is 4.73. The van der Waals surface area contributed by atoms with Gasteiger partial charge < -0.3 is 19.7 Å². The summed E-state index contributed by atoms with van der Waals surface area (Å²) in [4.78, 5) is 18.6. The highest BCUT2D eigenvalue weighted by molar-refractivity contribution is 5.93. The van der Waals surface area contributed by atoms with Crippen LogP contribution in [0.2, 0.25) is 0 Å². The summed E-state index contributed by atoms with van der Waals surface area (Å²) in [5, 5.41) is 8.11. The summed E-state index contributed by atoms with van der Waals surface area (Å²) in [6.45, 7) is 3.46. The number of nitrogens with one attached hydrogen (secondary N) is 1. The zero-order valence-electron chi connectivity index (χ0n) is 22.1. The summed E-state index contributed by atoms with van der Waals surface area (Å²) in [5.74, 6) is 5.01. The number of fused-ring (bicyclic) bond motifs is 2. The largest absolute Gasteiger partial charge is 0.491 e. The maximum absolute atomic E-state index is 15.0. The molecule has 0 unspecified atom stereocenters. The minimum atomic E-state index is -0.592. The van der Waals surface area contributed by atoms with Gasteiger partial charge in [0.1, 0.15) is 29.7 Å². The van der Waals surface area contributed by atoms with Gasteiger partial charge in [-0.15, -0.1) is 5.10 Å².